The second kappa shape index (κ2) is 6.54. The molecule has 1 aromatic carbocycles. The van der Waals surface area contributed by atoms with Gasteiger partial charge in [-0.25, -0.2) is 0 Å². The van der Waals surface area contributed by atoms with E-state index in [4.69, 9.17) is 14.2 Å². The topological polar surface area (TPSA) is 48.0 Å². The van der Waals surface area contributed by atoms with Gasteiger partial charge in [-0.1, -0.05) is 6.07 Å². The third-order valence-corrected chi connectivity index (χ3v) is 3.11. The second-order valence-electron chi connectivity index (χ2n) is 4.36. The zero-order chi connectivity index (χ0) is 13.7. The fourth-order valence-corrected chi connectivity index (χ4v) is 2.06. The molecule has 0 saturated carbocycles. The number of ether oxygens (including phenoxy) is 3. The lowest BCUT2D eigenvalue weighted by molar-refractivity contribution is -0.122. The van der Waals surface area contributed by atoms with Crippen molar-refractivity contribution < 1.29 is 19.0 Å². The van der Waals surface area contributed by atoms with Gasteiger partial charge in [0, 0.05) is 38.9 Å². The van der Waals surface area contributed by atoms with Crippen molar-refractivity contribution in [1.82, 2.24) is 0 Å². The molecular formula is C14H19NO4. The Bertz CT molecular complexity index is 431. The van der Waals surface area contributed by atoms with Crippen LogP contribution in [0.5, 0.6) is 5.75 Å². The van der Waals surface area contributed by atoms with Gasteiger partial charge in [0.2, 0.25) is 5.91 Å². The number of carbonyl (C=O) groups excluding carboxylic acids is 1. The lowest BCUT2D eigenvalue weighted by Crippen LogP contribution is -2.24. The molecule has 104 valence electrons. The highest BCUT2D eigenvalue weighted by molar-refractivity contribution is 5.95. The highest BCUT2D eigenvalue weighted by Gasteiger charge is 2.21. The first-order chi connectivity index (χ1) is 9.24. The summed E-state index contributed by atoms with van der Waals surface area (Å²) in [5, 5.41) is 0. The minimum absolute atomic E-state index is 0.170. The second-order valence-corrected chi connectivity index (χ2v) is 4.36. The van der Waals surface area contributed by atoms with Gasteiger partial charge < -0.3 is 19.1 Å². The predicted octanol–water partition coefficient (Wildman–Crippen LogP) is 1.81. The van der Waals surface area contributed by atoms with Crippen molar-refractivity contribution >= 4 is 11.6 Å². The molecule has 0 radical (unpaired) electrons. The number of hydrogen-bond acceptors (Lipinski definition) is 4. The van der Waals surface area contributed by atoms with Crippen LogP contribution >= 0.6 is 0 Å². The summed E-state index contributed by atoms with van der Waals surface area (Å²) < 4.78 is 15.7. The third kappa shape index (κ3) is 3.45. The number of nitrogens with zero attached hydrogens (tertiary/aromatic N) is 1. The van der Waals surface area contributed by atoms with Crippen LogP contribution in [0.15, 0.2) is 24.3 Å². The van der Waals surface area contributed by atoms with Gasteiger partial charge in [0.15, 0.2) is 6.29 Å². The van der Waals surface area contributed by atoms with Gasteiger partial charge in [0.05, 0.1) is 0 Å². The van der Waals surface area contributed by atoms with E-state index in [0.29, 0.717) is 18.8 Å². The first-order valence-corrected chi connectivity index (χ1v) is 6.33. The van der Waals surface area contributed by atoms with Crippen molar-refractivity contribution in [1.29, 1.82) is 0 Å². The fourth-order valence-electron chi connectivity index (χ4n) is 2.06. The Kier molecular flexibility index (Phi) is 4.76. The molecule has 1 saturated heterocycles. The molecule has 5 heteroatoms. The highest BCUT2D eigenvalue weighted by Crippen LogP contribution is 2.25. The van der Waals surface area contributed by atoms with Crippen molar-refractivity contribution in [2.24, 2.45) is 0 Å². The number of carbonyl (C=O) groups is 1. The smallest absolute Gasteiger partial charge is 0.227 e. The molecule has 1 fully saturated rings. The molecule has 2 rings (SSSR count). The zero-order valence-electron chi connectivity index (χ0n) is 11.3. The Labute approximate surface area is 113 Å². The van der Waals surface area contributed by atoms with E-state index < -0.39 is 6.29 Å². The predicted molar refractivity (Wildman–Crippen MR) is 71.3 cm³/mol. The van der Waals surface area contributed by atoms with Crippen LogP contribution in [0.3, 0.4) is 0 Å². The van der Waals surface area contributed by atoms with Crippen LogP contribution in [-0.4, -0.2) is 39.6 Å². The van der Waals surface area contributed by atoms with Crippen LogP contribution in [-0.2, 0) is 14.3 Å². The van der Waals surface area contributed by atoms with Crippen molar-refractivity contribution in [3.8, 4) is 5.75 Å². The third-order valence-electron chi connectivity index (χ3n) is 3.11. The van der Waals surface area contributed by atoms with E-state index in [0.717, 1.165) is 18.7 Å². The van der Waals surface area contributed by atoms with Crippen molar-refractivity contribution in [2.75, 3.05) is 32.3 Å². The van der Waals surface area contributed by atoms with Gasteiger partial charge in [-0.3, -0.25) is 4.79 Å². The van der Waals surface area contributed by atoms with Gasteiger partial charge in [-0.05, 0) is 18.6 Å². The minimum atomic E-state index is -0.392. The van der Waals surface area contributed by atoms with Gasteiger partial charge in [0.1, 0.15) is 12.4 Å². The molecule has 0 unspecified atom stereocenters. The van der Waals surface area contributed by atoms with Crippen molar-refractivity contribution in [2.45, 2.75) is 19.1 Å². The maximum absolute atomic E-state index is 11.7. The van der Waals surface area contributed by atoms with Crippen LogP contribution in [0.25, 0.3) is 0 Å². The Balaban J connectivity index is 2.01. The molecule has 0 aliphatic carbocycles. The largest absolute Gasteiger partial charge is 0.488 e. The Morgan fingerprint density at radius 3 is 2.74 bits per heavy atom. The number of anilines is 1. The SMILES string of the molecule is COC(COc1cccc(N2CCCC2=O)c1)OC. The molecule has 1 aliphatic rings. The molecule has 1 aromatic rings. The number of rotatable bonds is 6. The normalized spacial score (nSPS) is 15.3. The zero-order valence-corrected chi connectivity index (χ0v) is 11.3. The summed E-state index contributed by atoms with van der Waals surface area (Å²) in [6.07, 6.45) is 1.15. The maximum Gasteiger partial charge on any atom is 0.227 e. The first kappa shape index (κ1) is 13.8. The number of benzene rings is 1. The van der Waals surface area contributed by atoms with Gasteiger partial charge in [0.25, 0.3) is 0 Å². The van der Waals surface area contributed by atoms with Crippen molar-refractivity contribution in [3.63, 3.8) is 0 Å². The van der Waals surface area contributed by atoms with E-state index >= 15 is 0 Å². The quantitative estimate of drug-likeness (QED) is 0.736. The molecule has 0 bridgehead atoms. The summed E-state index contributed by atoms with van der Waals surface area (Å²) in [4.78, 5) is 13.5. The van der Waals surface area contributed by atoms with E-state index in [1.807, 2.05) is 24.3 Å². The van der Waals surface area contributed by atoms with Crippen LogP contribution in [0.4, 0.5) is 5.69 Å². The van der Waals surface area contributed by atoms with Crippen LogP contribution in [0.1, 0.15) is 12.8 Å². The molecule has 1 heterocycles. The lowest BCUT2D eigenvalue weighted by Gasteiger charge is -2.18. The molecule has 19 heavy (non-hydrogen) atoms. The van der Waals surface area contributed by atoms with Gasteiger partial charge >= 0.3 is 0 Å². The molecular weight excluding hydrogens is 246 g/mol. The summed E-state index contributed by atoms with van der Waals surface area (Å²) in [7, 11) is 3.13. The molecule has 5 nitrogen and oxygen atoms in total. The van der Waals surface area contributed by atoms with E-state index in [1.165, 1.54) is 0 Å². The van der Waals surface area contributed by atoms with Crippen LogP contribution in [0, 0.1) is 0 Å². The molecule has 0 N–H and O–H groups in total. The average molecular weight is 265 g/mol. The van der Waals surface area contributed by atoms with Crippen LogP contribution in [0.2, 0.25) is 0 Å². The molecule has 0 spiro atoms. The van der Waals surface area contributed by atoms with Crippen LogP contribution < -0.4 is 9.64 Å². The Morgan fingerprint density at radius 2 is 2.11 bits per heavy atom. The summed E-state index contributed by atoms with van der Waals surface area (Å²) in [6, 6.07) is 7.52. The number of hydrogen-bond donors (Lipinski definition) is 0. The van der Waals surface area contributed by atoms with Crippen molar-refractivity contribution in [3.05, 3.63) is 24.3 Å². The Morgan fingerprint density at radius 1 is 1.32 bits per heavy atom. The van der Waals surface area contributed by atoms with E-state index in [2.05, 4.69) is 0 Å². The summed E-state index contributed by atoms with van der Waals surface area (Å²) in [5.74, 6) is 0.875. The monoisotopic (exact) mass is 265 g/mol. The average Bonchev–Trinajstić information content (AvgIpc) is 2.86. The first-order valence-electron chi connectivity index (χ1n) is 6.33. The minimum Gasteiger partial charge on any atom is -0.488 e. The summed E-state index contributed by atoms with van der Waals surface area (Å²) >= 11 is 0. The molecule has 0 atom stereocenters. The number of amides is 1. The van der Waals surface area contributed by atoms with Gasteiger partial charge in [-0.15, -0.1) is 0 Å². The Hall–Kier alpha value is -1.59. The van der Waals surface area contributed by atoms with E-state index in [9.17, 15) is 4.79 Å². The molecule has 0 aromatic heterocycles. The maximum atomic E-state index is 11.7. The molecule has 1 aliphatic heterocycles. The van der Waals surface area contributed by atoms with E-state index in [-0.39, 0.29) is 5.91 Å². The number of methoxy groups -OCH3 is 2. The van der Waals surface area contributed by atoms with Gasteiger partial charge in [-0.2, -0.15) is 0 Å². The molecule has 1 amide bonds. The summed E-state index contributed by atoms with van der Waals surface area (Å²) in [5.41, 5.74) is 0.881. The summed E-state index contributed by atoms with van der Waals surface area (Å²) in [6.45, 7) is 1.09. The fraction of sp³-hybridized carbons (Fsp3) is 0.500. The van der Waals surface area contributed by atoms with E-state index in [1.54, 1.807) is 19.1 Å². The standard InChI is InChI=1S/C14H19NO4/c1-17-14(18-2)10-19-12-6-3-5-11(9-12)15-8-4-7-13(15)16/h3,5-6,9,14H,4,7-8,10H2,1-2H3. The highest BCUT2D eigenvalue weighted by atomic mass is 16.7. The lowest BCUT2D eigenvalue weighted by atomic mass is 10.3.